The molecule has 0 amide bonds. The minimum absolute atomic E-state index is 0.0825. The van der Waals surface area contributed by atoms with Gasteiger partial charge in [-0.3, -0.25) is 4.40 Å². The van der Waals surface area contributed by atoms with Gasteiger partial charge >= 0.3 is 0 Å². The van der Waals surface area contributed by atoms with E-state index in [0.29, 0.717) is 11.5 Å². The van der Waals surface area contributed by atoms with E-state index >= 15 is 0 Å². The van der Waals surface area contributed by atoms with Crippen LogP contribution in [0.2, 0.25) is 0 Å². The van der Waals surface area contributed by atoms with Crippen molar-refractivity contribution in [3.05, 3.63) is 60.4 Å². The number of imidazole rings is 1. The number of ether oxygens (including phenoxy) is 1. The molecule has 5 heteroatoms. The molecule has 90 valence electrons. The molecule has 0 fully saturated rings. The van der Waals surface area contributed by atoms with E-state index in [4.69, 9.17) is 4.74 Å². The summed E-state index contributed by atoms with van der Waals surface area (Å²) in [5, 5.41) is 0. The number of hydrogen-bond donors (Lipinski definition) is 0. The van der Waals surface area contributed by atoms with Crippen molar-refractivity contribution in [1.82, 2.24) is 14.4 Å². The zero-order valence-electron chi connectivity index (χ0n) is 9.45. The molecule has 2 aromatic heterocycles. The van der Waals surface area contributed by atoms with Crippen LogP contribution in [-0.2, 0) is 6.61 Å². The van der Waals surface area contributed by atoms with Gasteiger partial charge in [-0.25, -0.2) is 9.97 Å². The normalized spacial score (nSPS) is 10.7. The first-order valence-electron chi connectivity index (χ1n) is 5.50. The minimum atomic E-state index is -0.436. The van der Waals surface area contributed by atoms with Crippen LogP contribution in [0.25, 0.3) is 5.78 Å². The summed E-state index contributed by atoms with van der Waals surface area (Å²) in [6.45, 7) is 0.0825. The fourth-order valence-corrected chi connectivity index (χ4v) is 1.67. The van der Waals surface area contributed by atoms with Crippen LogP contribution in [0.5, 0.6) is 5.75 Å². The second kappa shape index (κ2) is 4.44. The van der Waals surface area contributed by atoms with Crippen LogP contribution in [-0.4, -0.2) is 14.4 Å². The Morgan fingerprint density at radius 2 is 2.00 bits per heavy atom. The van der Waals surface area contributed by atoms with Gasteiger partial charge in [0.25, 0.3) is 0 Å². The summed E-state index contributed by atoms with van der Waals surface area (Å²) in [7, 11) is 0. The van der Waals surface area contributed by atoms with Gasteiger partial charge in [0.2, 0.25) is 11.7 Å². The first-order chi connectivity index (χ1) is 8.84. The molecule has 0 aliphatic rings. The first kappa shape index (κ1) is 10.7. The van der Waals surface area contributed by atoms with Gasteiger partial charge in [0, 0.05) is 12.4 Å². The average Bonchev–Trinajstić information content (AvgIpc) is 2.75. The van der Waals surface area contributed by atoms with Crippen molar-refractivity contribution >= 4 is 5.78 Å². The molecule has 0 bridgehead atoms. The zero-order valence-corrected chi connectivity index (χ0v) is 9.45. The molecule has 0 aliphatic carbocycles. The summed E-state index contributed by atoms with van der Waals surface area (Å²) < 4.78 is 20.7. The largest absolute Gasteiger partial charge is 0.487 e. The number of hydrogen-bond acceptors (Lipinski definition) is 3. The lowest BCUT2D eigenvalue weighted by atomic mass is 10.3. The third-order valence-electron chi connectivity index (χ3n) is 2.53. The third kappa shape index (κ3) is 1.90. The molecule has 0 spiro atoms. The summed E-state index contributed by atoms with van der Waals surface area (Å²) in [4.78, 5) is 8.05. The number of para-hydroxylation sites is 1. The number of fused-ring (bicyclic) bond motifs is 1. The van der Waals surface area contributed by atoms with Crippen molar-refractivity contribution in [2.24, 2.45) is 0 Å². The van der Waals surface area contributed by atoms with E-state index in [1.165, 1.54) is 4.40 Å². The van der Waals surface area contributed by atoms with E-state index in [-0.39, 0.29) is 12.3 Å². The maximum atomic E-state index is 13.9. The molecule has 2 heterocycles. The van der Waals surface area contributed by atoms with Crippen LogP contribution in [0.1, 0.15) is 5.69 Å². The number of nitrogens with zero attached hydrogens (tertiary/aromatic N) is 3. The van der Waals surface area contributed by atoms with Gasteiger partial charge in [0.1, 0.15) is 18.1 Å². The van der Waals surface area contributed by atoms with E-state index in [9.17, 15) is 4.39 Å². The van der Waals surface area contributed by atoms with Crippen LogP contribution >= 0.6 is 0 Å². The highest BCUT2D eigenvalue weighted by Gasteiger charge is 2.12. The molecular formula is C13H10FN3O. The fourth-order valence-electron chi connectivity index (χ4n) is 1.67. The minimum Gasteiger partial charge on any atom is -0.487 e. The highest BCUT2D eigenvalue weighted by molar-refractivity contribution is 5.31. The maximum absolute atomic E-state index is 13.9. The maximum Gasteiger partial charge on any atom is 0.236 e. The van der Waals surface area contributed by atoms with Gasteiger partial charge in [0.05, 0.1) is 0 Å². The molecule has 0 saturated heterocycles. The molecule has 0 aliphatic heterocycles. The van der Waals surface area contributed by atoms with Gasteiger partial charge in [-0.2, -0.15) is 4.39 Å². The number of rotatable bonds is 3. The number of halogens is 1. The van der Waals surface area contributed by atoms with Crippen LogP contribution in [0, 0.1) is 5.95 Å². The van der Waals surface area contributed by atoms with E-state index in [1.54, 1.807) is 18.5 Å². The standard InChI is InChI=1S/C13H10FN3O/c14-12-11(9-18-10-5-2-1-3-6-10)16-13-15-7-4-8-17(12)13/h1-8H,9H2. The fraction of sp³-hybridized carbons (Fsp3) is 0.0769. The number of benzene rings is 1. The Hall–Kier alpha value is -2.43. The van der Waals surface area contributed by atoms with E-state index in [0.717, 1.165) is 0 Å². The van der Waals surface area contributed by atoms with E-state index < -0.39 is 5.95 Å². The lowest BCUT2D eigenvalue weighted by Crippen LogP contribution is -1.98. The Morgan fingerprint density at radius 1 is 1.17 bits per heavy atom. The van der Waals surface area contributed by atoms with Gasteiger partial charge in [-0.1, -0.05) is 18.2 Å². The molecule has 0 atom stereocenters. The summed E-state index contributed by atoms with van der Waals surface area (Å²) in [5.74, 6) is 0.581. The van der Waals surface area contributed by atoms with Crippen molar-refractivity contribution in [1.29, 1.82) is 0 Å². The molecule has 3 aromatic rings. The summed E-state index contributed by atoms with van der Waals surface area (Å²) in [6, 6.07) is 10.9. The number of aromatic nitrogens is 3. The summed E-state index contributed by atoms with van der Waals surface area (Å²) >= 11 is 0. The molecular weight excluding hydrogens is 233 g/mol. The Balaban J connectivity index is 1.85. The zero-order chi connectivity index (χ0) is 12.4. The predicted molar refractivity (Wildman–Crippen MR) is 63.7 cm³/mol. The molecule has 3 rings (SSSR count). The molecule has 0 unspecified atom stereocenters. The SMILES string of the molecule is Fc1c(COc2ccccc2)nc2ncccn12. The molecule has 1 aromatic carbocycles. The van der Waals surface area contributed by atoms with Gasteiger partial charge in [0.15, 0.2) is 0 Å². The van der Waals surface area contributed by atoms with E-state index in [1.807, 2.05) is 30.3 Å². The Kier molecular flexibility index (Phi) is 2.64. The molecule has 0 radical (unpaired) electrons. The highest BCUT2D eigenvalue weighted by Crippen LogP contribution is 2.14. The van der Waals surface area contributed by atoms with Gasteiger partial charge in [-0.15, -0.1) is 0 Å². The molecule has 18 heavy (non-hydrogen) atoms. The Bertz CT molecular complexity index is 666. The van der Waals surface area contributed by atoms with Crippen molar-refractivity contribution in [2.45, 2.75) is 6.61 Å². The summed E-state index contributed by atoms with van der Waals surface area (Å²) in [6.07, 6.45) is 3.15. The smallest absolute Gasteiger partial charge is 0.236 e. The second-order valence-electron chi connectivity index (χ2n) is 3.74. The van der Waals surface area contributed by atoms with Crippen LogP contribution in [0.4, 0.5) is 4.39 Å². The van der Waals surface area contributed by atoms with Crippen LogP contribution < -0.4 is 4.74 Å². The van der Waals surface area contributed by atoms with Gasteiger partial charge < -0.3 is 4.74 Å². The predicted octanol–water partition coefficient (Wildman–Crippen LogP) is 2.45. The first-order valence-corrected chi connectivity index (χ1v) is 5.50. The Labute approximate surface area is 103 Å². The van der Waals surface area contributed by atoms with Crippen molar-refractivity contribution in [2.75, 3.05) is 0 Å². The lowest BCUT2D eigenvalue weighted by molar-refractivity contribution is 0.294. The quantitative estimate of drug-likeness (QED) is 0.709. The monoisotopic (exact) mass is 243 g/mol. The molecule has 0 N–H and O–H groups in total. The Morgan fingerprint density at radius 3 is 2.78 bits per heavy atom. The second-order valence-corrected chi connectivity index (χ2v) is 3.74. The molecule has 0 saturated carbocycles. The van der Waals surface area contributed by atoms with Gasteiger partial charge in [-0.05, 0) is 18.2 Å². The van der Waals surface area contributed by atoms with Crippen LogP contribution in [0.15, 0.2) is 48.8 Å². The average molecular weight is 243 g/mol. The summed E-state index contributed by atoms with van der Waals surface area (Å²) in [5.41, 5.74) is 0.248. The molecule has 4 nitrogen and oxygen atoms in total. The van der Waals surface area contributed by atoms with Crippen molar-refractivity contribution in [3.63, 3.8) is 0 Å². The van der Waals surface area contributed by atoms with Crippen LogP contribution in [0.3, 0.4) is 0 Å². The topological polar surface area (TPSA) is 39.4 Å². The van der Waals surface area contributed by atoms with Crippen molar-refractivity contribution < 1.29 is 9.13 Å². The van der Waals surface area contributed by atoms with E-state index in [2.05, 4.69) is 9.97 Å². The van der Waals surface area contributed by atoms with Crippen molar-refractivity contribution in [3.8, 4) is 5.75 Å². The highest BCUT2D eigenvalue weighted by atomic mass is 19.1. The third-order valence-corrected chi connectivity index (χ3v) is 2.53. The lowest BCUT2D eigenvalue weighted by Gasteiger charge is -2.02.